The van der Waals surface area contributed by atoms with Crippen molar-refractivity contribution >= 4 is 11.8 Å². The molecule has 6 nitrogen and oxygen atoms in total. The molecule has 2 heterocycles. The van der Waals surface area contributed by atoms with E-state index in [1.165, 1.54) is 5.56 Å². The molecule has 2 N–H and O–H groups in total. The van der Waals surface area contributed by atoms with Crippen LogP contribution in [0.2, 0.25) is 0 Å². The van der Waals surface area contributed by atoms with Crippen LogP contribution in [0.3, 0.4) is 0 Å². The fourth-order valence-electron chi connectivity index (χ4n) is 2.16. The van der Waals surface area contributed by atoms with Crippen LogP contribution < -0.4 is 10.6 Å². The van der Waals surface area contributed by atoms with Gasteiger partial charge in [0.1, 0.15) is 5.82 Å². The third kappa shape index (κ3) is 4.91. The monoisotopic (exact) mass is 287 g/mol. The minimum absolute atomic E-state index is 0.223. The average Bonchev–Trinajstić information content (AvgIpc) is 2.79. The van der Waals surface area contributed by atoms with Gasteiger partial charge in [-0.1, -0.05) is 0 Å². The molecule has 2 rings (SSSR count). The second kappa shape index (κ2) is 6.88. The molecule has 0 aliphatic carbocycles. The van der Waals surface area contributed by atoms with Crippen LogP contribution in [0.25, 0.3) is 0 Å². The van der Waals surface area contributed by atoms with Gasteiger partial charge in [-0.25, -0.2) is 9.78 Å². The van der Waals surface area contributed by atoms with Gasteiger partial charge in [0.15, 0.2) is 0 Å². The zero-order valence-electron chi connectivity index (χ0n) is 12.7. The van der Waals surface area contributed by atoms with Crippen LogP contribution in [0.15, 0.2) is 24.5 Å². The highest BCUT2D eigenvalue weighted by Crippen LogP contribution is 2.08. The molecule has 0 saturated carbocycles. The summed E-state index contributed by atoms with van der Waals surface area (Å²) in [4.78, 5) is 16.0. The highest BCUT2D eigenvalue weighted by Gasteiger charge is 2.03. The Hall–Kier alpha value is -2.37. The van der Waals surface area contributed by atoms with Gasteiger partial charge >= 0.3 is 6.03 Å². The first-order valence-corrected chi connectivity index (χ1v) is 7.00. The summed E-state index contributed by atoms with van der Waals surface area (Å²) in [5, 5.41) is 9.69. The maximum atomic E-state index is 11.8. The Labute approximate surface area is 124 Å². The van der Waals surface area contributed by atoms with E-state index >= 15 is 0 Å². The molecule has 0 atom stereocenters. The van der Waals surface area contributed by atoms with Crippen LogP contribution >= 0.6 is 0 Å². The number of carbonyl (C=O) groups is 1. The van der Waals surface area contributed by atoms with Crippen LogP contribution in [0.4, 0.5) is 10.6 Å². The number of aromatic nitrogens is 3. The van der Waals surface area contributed by atoms with Gasteiger partial charge in [-0.15, -0.1) is 0 Å². The van der Waals surface area contributed by atoms with Crippen molar-refractivity contribution in [1.82, 2.24) is 20.1 Å². The molecule has 2 amide bonds. The Morgan fingerprint density at radius 3 is 2.81 bits per heavy atom. The molecule has 21 heavy (non-hydrogen) atoms. The van der Waals surface area contributed by atoms with E-state index in [0.29, 0.717) is 12.4 Å². The topological polar surface area (TPSA) is 71.8 Å². The third-order valence-electron chi connectivity index (χ3n) is 3.03. The molecule has 6 heteroatoms. The number of hydrogen-bond acceptors (Lipinski definition) is 3. The van der Waals surface area contributed by atoms with Gasteiger partial charge in [-0.3, -0.25) is 10.00 Å². The number of pyridine rings is 1. The lowest BCUT2D eigenvalue weighted by Gasteiger charge is -2.08. The van der Waals surface area contributed by atoms with Crippen molar-refractivity contribution < 1.29 is 4.79 Å². The molecular formula is C15H21N5O. The number of nitrogens with one attached hydrogen (secondary N) is 2. The SMILES string of the molecule is Cc1cc(C)nc(NC(=O)NCCCc2cnn(C)c2)c1. The molecule has 0 saturated heterocycles. The highest BCUT2D eigenvalue weighted by molar-refractivity contribution is 5.88. The van der Waals surface area contributed by atoms with E-state index in [2.05, 4.69) is 20.7 Å². The average molecular weight is 287 g/mol. The van der Waals surface area contributed by atoms with Gasteiger partial charge < -0.3 is 5.32 Å². The second-order valence-electron chi connectivity index (χ2n) is 5.18. The van der Waals surface area contributed by atoms with Crippen molar-refractivity contribution in [3.8, 4) is 0 Å². The lowest BCUT2D eigenvalue weighted by atomic mass is 10.2. The Morgan fingerprint density at radius 2 is 2.14 bits per heavy atom. The number of hydrogen-bond donors (Lipinski definition) is 2. The maximum Gasteiger partial charge on any atom is 0.320 e. The summed E-state index contributed by atoms with van der Waals surface area (Å²) in [5.74, 6) is 0.581. The predicted molar refractivity (Wildman–Crippen MR) is 82.3 cm³/mol. The van der Waals surface area contributed by atoms with Crippen LogP contribution in [0.1, 0.15) is 23.2 Å². The van der Waals surface area contributed by atoms with Crippen molar-refractivity contribution in [2.75, 3.05) is 11.9 Å². The lowest BCUT2D eigenvalue weighted by Crippen LogP contribution is -2.30. The lowest BCUT2D eigenvalue weighted by molar-refractivity contribution is 0.252. The molecular weight excluding hydrogens is 266 g/mol. The zero-order valence-corrected chi connectivity index (χ0v) is 12.7. The van der Waals surface area contributed by atoms with Gasteiger partial charge in [0.25, 0.3) is 0 Å². The van der Waals surface area contributed by atoms with E-state index in [1.54, 1.807) is 4.68 Å². The minimum Gasteiger partial charge on any atom is -0.338 e. The molecule has 0 aromatic carbocycles. The van der Waals surface area contributed by atoms with E-state index in [4.69, 9.17) is 0 Å². The molecule has 2 aromatic rings. The molecule has 0 fully saturated rings. The van der Waals surface area contributed by atoms with Crippen LogP contribution in [-0.4, -0.2) is 27.3 Å². The summed E-state index contributed by atoms with van der Waals surface area (Å²) in [6.07, 6.45) is 5.61. The summed E-state index contributed by atoms with van der Waals surface area (Å²) >= 11 is 0. The fourth-order valence-corrected chi connectivity index (χ4v) is 2.16. The molecule has 112 valence electrons. The van der Waals surface area contributed by atoms with E-state index in [1.807, 2.05) is 45.4 Å². The Kier molecular flexibility index (Phi) is 4.92. The molecule has 0 aliphatic heterocycles. The summed E-state index contributed by atoms with van der Waals surface area (Å²) in [6, 6.07) is 3.60. The Morgan fingerprint density at radius 1 is 1.33 bits per heavy atom. The van der Waals surface area contributed by atoms with Crippen molar-refractivity contribution in [2.45, 2.75) is 26.7 Å². The van der Waals surface area contributed by atoms with Gasteiger partial charge in [-0.2, -0.15) is 5.10 Å². The second-order valence-corrected chi connectivity index (χ2v) is 5.18. The summed E-state index contributed by atoms with van der Waals surface area (Å²) in [6.45, 7) is 4.50. The summed E-state index contributed by atoms with van der Waals surface area (Å²) < 4.78 is 1.78. The molecule has 0 unspecified atom stereocenters. The Bertz CT molecular complexity index is 600. The van der Waals surface area contributed by atoms with Crippen LogP contribution in [0.5, 0.6) is 0 Å². The van der Waals surface area contributed by atoms with Gasteiger partial charge in [0.2, 0.25) is 0 Å². The first-order valence-electron chi connectivity index (χ1n) is 7.00. The standard InChI is InChI=1S/C15H21N5O/c1-11-7-12(2)18-14(8-11)19-15(21)16-6-4-5-13-9-17-20(3)10-13/h7-10H,4-6H2,1-3H3,(H2,16,18,19,21). The normalized spacial score (nSPS) is 10.4. The van der Waals surface area contributed by atoms with Crippen molar-refractivity contribution in [3.05, 3.63) is 41.3 Å². The summed E-state index contributed by atoms with van der Waals surface area (Å²) in [5.41, 5.74) is 3.15. The number of anilines is 1. The first-order chi connectivity index (χ1) is 10.0. The number of amides is 2. The van der Waals surface area contributed by atoms with E-state index in [0.717, 1.165) is 24.1 Å². The van der Waals surface area contributed by atoms with Crippen LogP contribution in [0, 0.1) is 13.8 Å². The van der Waals surface area contributed by atoms with Gasteiger partial charge in [-0.05, 0) is 49.9 Å². The smallest absolute Gasteiger partial charge is 0.320 e. The largest absolute Gasteiger partial charge is 0.338 e. The van der Waals surface area contributed by atoms with E-state index in [9.17, 15) is 4.79 Å². The Balaban J connectivity index is 1.72. The number of urea groups is 1. The van der Waals surface area contributed by atoms with Crippen molar-refractivity contribution in [1.29, 1.82) is 0 Å². The van der Waals surface area contributed by atoms with Crippen molar-refractivity contribution in [2.24, 2.45) is 7.05 Å². The quantitative estimate of drug-likeness (QED) is 0.828. The van der Waals surface area contributed by atoms with E-state index < -0.39 is 0 Å². The number of carbonyl (C=O) groups excluding carboxylic acids is 1. The van der Waals surface area contributed by atoms with Gasteiger partial charge in [0.05, 0.1) is 6.20 Å². The predicted octanol–water partition coefficient (Wildman–Crippen LogP) is 2.19. The maximum absolute atomic E-state index is 11.8. The first kappa shape index (κ1) is 15.0. The highest BCUT2D eigenvalue weighted by atomic mass is 16.2. The molecule has 0 aliphatic rings. The van der Waals surface area contributed by atoms with Crippen LogP contribution in [-0.2, 0) is 13.5 Å². The fraction of sp³-hybridized carbons (Fsp3) is 0.400. The number of aryl methyl sites for hydroxylation is 4. The molecule has 0 spiro atoms. The zero-order chi connectivity index (χ0) is 15.2. The molecule has 0 radical (unpaired) electrons. The molecule has 2 aromatic heterocycles. The number of rotatable bonds is 5. The number of nitrogens with zero attached hydrogens (tertiary/aromatic N) is 3. The summed E-state index contributed by atoms with van der Waals surface area (Å²) in [7, 11) is 1.89. The van der Waals surface area contributed by atoms with Crippen molar-refractivity contribution in [3.63, 3.8) is 0 Å². The third-order valence-corrected chi connectivity index (χ3v) is 3.03. The van der Waals surface area contributed by atoms with E-state index in [-0.39, 0.29) is 6.03 Å². The van der Waals surface area contributed by atoms with Gasteiger partial charge in [0, 0.05) is 25.5 Å². The minimum atomic E-state index is -0.223. The molecule has 0 bridgehead atoms.